The molecule has 0 heterocycles. The van der Waals surface area contributed by atoms with E-state index in [1.54, 1.807) is 0 Å². The van der Waals surface area contributed by atoms with Crippen LogP contribution in [0, 0.1) is 0 Å². The van der Waals surface area contributed by atoms with Gasteiger partial charge in [0.2, 0.25) is 0 Å². The van der Waals surface area contributed by atoms with E-state index in [1.807, 2.05) is 0 Å². The molecule has 0 spiro atoms. The predicted octanol–water partition coefficient (Wildman–Crippen LogP) is 7.80. The molecule has 0 atom stereocenters. The Kier molecular flexibility index (Phi) is 24.7. The first kappa shape index (κ1) is 22.7. The number of hydrogen-bond acceptors (Lipinski definition) is 1. The zero-order valence-electron chi connectivity index (χ0n) is 14.1. The number of rotatable bonds is 16. The molecule has 2 heteroatoms. The molecule has 0 rings (SSSR count). The molecule has 0 aromatic heterocycles. The topological polar surface area (TPSA) is 35.0 Å². The lowest BCUT2D eigenvalue weighted by molar-refractivity contribution is 0.532. The molecule has 0 radical (unpaired) electrons. The summed E-state index contributed by atoms with van der Waals surface area (Å²) in [4.78, 5) is 0. The van der Waals surface area contributed by atoms with Crippen LogP contribution in [0.25, 0.3) is 0 Å². The maximum Gasteiger partial charge on any atom is 0.00313 e. The highest BCUT2D eigenvalue weighted by atomic mass is 79.9. The maximum atomic E-state index is 3.49. The third-order valence-corrected chi connectivity index (χ3v) is 4.55. The van der Waals surface area contributed by atoms with Gasteiger partial charge in [0.05, 0.1) is 0 Å². The lowest BCUT2D eigenvalue weighted by Gasteiger charge is -2.03. The summed E-state index contributed by atoms with van der Waals surface area (Å²) in [6, 6.07) is 0. The molecule has 20 heavy (non-hydrogen) atoms. The van der Waals surface area contributed by atoms with Crippen LogP contribution in [0.4, 0.5) is 0 Å². The average Bonchev–Trinajstić information content (AvgIpc) is 2.43. The van der Waals surface area contributed by atoms with Crippen LogP contribution < -0.4 is 6.15 Å². The second kappa shape index (κ2) is 21.7. The minimum atomic E-state index is 0. The van der Waals surface area contributed by atoms with Crippen molar-refractivity contribution in [2.24, 2.45) is 0 Å². The van der Waals surface area contributed by atoms with Crippen molar-refractivity contribution in [3.05, 3.63) is 0 Å². The summed E-state index contributed by atoms with van der Waals surface area (Å²) in [5, 5.41) is 1.19. The van der Waals surface area contributed by atoms with E-state index in [1.165, 1.54) is 108 Å². The van der Waals surface area contributed by atoms with Crippen molar-refractivity contribution in [3.8, 4) is 0 Å². The highest BCUT2D eigenvalue weighted by molar-refractivity contribution is 9.09. The van der Waals surface area contributed by atoms with E-state index in [2.05, 4.69) is 22.9 Å². The monoisotopic (exact) mass is 349 g/mol. The Morgan fingerprint density at radius 2 is 0.700 bits per heavy atom. The van der Waals surface area contributed by atoms with Gasteiger partial charge in [0, 0.05) is 5.33 Å². The summed E-state index contributed by atoms with van der Waals surface area (Å²) in [5.74, 6) is 0. The second-order valence-electron chi connectivity index (χ2n) is 5.99. The Hall–Kier alpha value is 0.440. The first-order valence-corrected chi connectivity index (χ1v) is 10.1. The highest BCUT2D eigenvalue weighted by Gasteiger charge is 1.94. The van der Waals surface area contributed by atoms with Gasteiger partial charge >= 0.3 is 0 Å². The summed E-state index contributed by atoms with van der Waals surface area (Å²) in [6.07, 6.45) is 23.3. The average molecular weight is 350 g/mol. The van der Waals surface area contributed by atoms with E-state index >= 15 is 0 Å². The molecular formula is C18H40BrN. The van der Waals surface area contributed by atoms with E-state index < -0.39 is 0 Å². The van der Waals surface area contributed by atoms with Crippen LogP contribution in [0.5, 0.6) is 0 Å². The minimum Gasteiger partial charge on any atom is -0.344 e. The summed E-state index contributed by atoms with van der Waals surface area (Å²) < 4.78 is 0. The molecule has 124 valence electrons. The van der Waals surface area contributed by atoms with Crippen molar-refractivity contribution in [3.63, 3.8) is 0 Å². The third kappa shape index (κ3) is 20.8. The molecule has 0 unspecified atom stereocenters. The van der Waals surface area contributed by atoms with Crippen molar-refractivity contribution < 1.29 is 0 Å². The van der Waals surface area contributed by atoms with E-state index in [4.69, 9.17) is 0 Å². The quantitative estimate of drug-likeness (QED) is 0.224. The van der Waals surface area contributed by atoms with Crippen LogP contribution in [0.15, 0.2) is 0 Å². The number of unbranched alkanes of at least 4 members (excludes halogenated alkanes) is 15. The molecule has 0 bridgehead atoms. The zero-order chi connectivity index (χ0) is 14.0. The van der Waals surface area contributed by atoms with E-state index in [-0.39, 0.29) is 6.15 Å². The molecule has 0 aliphatic carbocycles. The first-order valence-electron chi connectivity index (χ1n) is 8.97. The lowest BCUT2D eigenvalue weighted by Crippen LogP contribution is -1.83. The summed E-state index contributed by atoms with van der Waals surface area (Å²) in [7, 11) is 0. The van der Waals surface area contributed by atoms with Gasteiger partial charge in [-0.3, -0.25) is 0 Å². The molecule has 0 saturated heterocycles. The lowest BCUT2D eigenvalue weighted by atomic mass is 10.0. The standard InChI is InChI=1S/C18H37Br.H3N/c1-2-3-4-5-6-7-8-9-10-11-12-13-14-15-16-17-18-19;/h2-18H2,1H3;1H3. The molecule has 0 aliphatic rings. The Morgan fingerprint density at radius 3 is 0.950 bits per heavy atom. The minimum absolute atomic E-state index is 0. The molecule has 0 saturated carbocycles. The van der Waals surface area contributed by atoms with Gasteiger partial charge in [-0.2, -0.15) is 0 Å². The van der Waals surface area contributed by atoms with Crippen LogP contribution in [0.2, 0.25) is 0 Å². The molecule has 1 nitrogen and oxygen atoms in total. The largest absolute Gasteiger partial charge is 0.344 e. The van der Waals surface area contributed by atoms with E-state index in [0.29, 0.717) is 0 Å². The van der Waals surface area contributed by atoms with E-state index in [0.717, 1.165) is 0 Å². The molecule has 0 fully saturated rings. The number of alkyl halides is 1. The number of halogens is 1. The van der Waals surface area contributed by atoms with Crippen LogP contribution in [-0.2, 0) is 0 Å². The Labute approximate surface area is 137 Å². The third-order valence-electron chi connectivity index (χ3n) is 3.99. The van der Waals surface area contributed by atoms with Gasteiger partial charge in [0.15, 0.2) is 0 Å². The molecular weight excluding hydrogens is 310 g/mol. The van der Waals surface area contributed by atoms with Gasteiger partial charge in [-0.15, -0.1) is 0 Å². The summed E-state index contributed by atoms with van der Waals surface area (Å²) in [5.41, 5.74) is 0. The molecule has 3 N–H and O–H groups in total. The first-order chi connectivity index (χ1) is 9.41. The Bertz CT molecular complexity index is 134. The van der Waals surface area contributed by atoms with Crippen LogP contribution in [-0.4, -0.2) is 5.33 Å². The Morgan fingerprint density at radius 1 is 0.450 bits per heavy atom. The van der Waals surface area contributed by atoms with Gasteiger partial charge in [-0.1, -0.05) is 119 Å². The normalized spacial score (nSPS) is 10.5. The van der Waals surface area contributed by atoms with Crippen molar-refractivity contribution >= 4 is 15.9 Å². The second-order valence-corrected chi connectivity index (χ2v) is 6.79. The molecule has 0 aromatic carbocycles. The van der Waals surface area contributed by atoms with Crippen LogP contribution in [0.3, 0.4) is 0 Å². The fraction of sp³-hybridized carbons (Fsp3) is 1.00. The summed E-state index contributed by atoms with van der Waals surface area (Å²) in [6.45, 7) is 2.29. The van der Waals surface area contributed by atoms with Gasteiger partial charge in [0.1, 0.15) is 0 Å². The SMILES string of the molecule is CCCCCCCCCCCCCCCCCCBr.N. The van der Waals surface area contributed by atoms with Crippen molar-refractivity contribution in [1.29, 1.82) is 0 Å². The van der Waals surface area contributed by atoms with Gasteiger partial charge in [-0.05, 0) is 6.42 Å². The molecule has 0 aliphatic heterocycles. The molecule has 0 aromatic rings. The fourth-order valence-corrected chi connectivity index (χ4v) is 3.04. The van der Waals surface area contributed by atoms with E-state index in [9.17, 15) is 0 Å². The van der Waals surface area contributed by atoms with Gasteiger partial charge in [0.25, 0.3) is 0 Å². The van der Waals surface area contributed by atoms with Crippen LogP contribution in [0.1, 0.15) is 110 Å². The highest BCUT2D eigenvalue weighted by Crippen LogP contribution is 2.13. The predicted molar refractivity (Wildman–Crippen MR) is 98.4 cm³/mol. The van der Waals surface area contributed by atoms with Gasteiger partial charge < -0.3 is 6.15 Å². The maximum absolute atomic E-state index is 3.49. The van der Waals surface area contributed by atoms with Crippen LogP contribution >= 0.6 is 15.9 Å². The van der Waals surface area contributed by atoms with Crippen molar-refractivity contribution in [2.45, 2.75) is 110 Å². The Balaban J connectivity index is 0. The van der Waals surface area contributed by atoms with Crippen molar-refractivity contribution in [1.82, 2.24) is 6.15 Å². The smallest absolute Gasteiger partial charge is 0.00313 e. The van der Waals surface area contributed by atoms with Gasteiger partial charge in [-0.25, -0.2) is 0 Å². The number of hydrogen-bond donors (Lipinski definition) is 1. The molecule has 0 amide bonds. The zero-order valence-corrected chi connectivity index (χ0v) is 15.7. The van der Waals surface area contributed by atoms with Crippen molar-refractivity contribution in [2.75, 3.05) is 5.33 Å². The fourth-order valence-electron chi connectivity index (χ4n) is 2.64. The summed E-state index contributed by atoms with van der Waals surface area (Å²) >= 11 is 3.49.